The zero-order chi connectivity index (χ0) is 11.4. The molecule has 7 heteroatoms. The van der Waals surface area contributed by atoms with Crippen LogP contribution in [-0.4, -0.2) is 61.5 Å². The fourth-order valence-electron chi connectivity index (χ4n) is 1.12. The second kappa shape index (κ2) is 4.72. The van der Waals surface area contributed by atoms with E-state index in [1.165, 1.54) is 0 Å². The molecule has 0 radical (unpaired) electrons. The molecule has 0 amide bonds. The zero-order valence-electron chi connectivity index (χ0n) is 8.30. The van der Waals surface area contributed by atoms with Gasteiger partial charge in [0.15, 0.2) is 6.54 Å². The van der Waals surface area contributed by atoms with Crippen LogP contribution in [0.25, 0.3) is 0 Å². The summed E-state index contributed by atoms with van der Waals surface area (Å²) >= 11 is 0. The van der Waals surface area contributed by atoms with Gasteiger partial charge in [-0.1, -0.05) is 0 Å². The van der Waals surface area contributed by atoms with E-state index in [2.05, 4.69) is 0 Å². The Kier molecular flexibility index (Phi) is 4.50. The fourth-order valence-corrected chi connectivity index (χ4v) is 1.61. The summed E-state index contributed by atoms with van der Waals surface area (Å²) in [6.45, 7) is 0.331. The van der Waals surface area contributed by atoms with Gasteiger partial charge in [0.25, 0.3) is 10.1 Å². The van der Waals surface area contributed by atoms with Crippen molar-refractivity contribution in [3.63, 3.8) is 0 Å². The summed E-state index contributed by atoms with van der Waals surface area (Å²) in [5.41, 5.74) is 0. The summed E-state index contributed by atoms with van der Waals surface area (Å²) in [6, 6.07) is 0. The Morgan fingerprint density at radius 1 is 1.36 bits per heavy atom. The highest BCUT2D eigenvalue weighted by Crippen LogP contribution is 2.00. The molecular weight excluding hydrogens is 210 g/mol. The highest BCUT2D eigenvalue weighted by atomic mass is 32.2. The molecule has 0 aromatic rings. The maximum absolute atomic E-state index is 10.4. The van der Waals surface area contributed by atoms with Crippen molar-refractivity contribution in [2.24, 2.45) is 0 Å². The Balaban J connectivity index is 3.94. The fraction of sp³-hybridized carbons (Fsp3) is 0.857. The number of hydrogen-bond acceptors (Lipinski definition) is 3. The van der Waals surface area contributed by atoms with Crippen LogP contribution in [0.3, 0.4) is 0 Å². The minimum Gasteiger partial charge on any atom is -0.477 e. The average molecular weight is 226 g/mol. The zero-order valence-corrected chi connectivity index (χ0v) is 9.12. The van der Waals surface area contributed by atoms with E-state index in [4.69, 9.17) is 9.66 Å². The summed E-state index contributed by atoms with van der Waals surface area (Å²) in [4.78, 5) is 10.4. The summed E-state index contributed by atoms with van der Waals surface area (Å²) in [5, 5.41) is 8.53. The highest BCUT2D eigenvalue weighted by Gasteiger charge is 2.19. The lowest BCUT2D eigenvalue weighted by molar-refractivity contribution is -0.883. The van der Waals surface area contributed by atoms with E-state index in [1.54, 1.807) is 14.1 Å². The largest absolute Gasteiger partial charge is 0.477 e. The third kappa shape index (κ3) is 7.96. The van der Waals surface area contributed by atoms with E-state index in [0.29, 0.717) is 6.54 Å². The van der Waals surface area contributed by atoms with Crippen LogP contribution in [0.4, 0.5) is 0 Å². The van der Waals surface area contributed by atoms with Gasteiger partial charge in [0, 0.05) is 6.42 Å². The molecular formula is C7H16NO5S+. The molecule has 0 aromatic carbocycles. The number of carbonyl (C=O) groups is 1. The van der Waals surface area contributed by atoms with Crippen LogP contribution in [0, 0.1) is 0 Å². The van der Waals surface area contributed by atoms with Gasteiger partial charge in [-0.25, -0.2) is 4.79 Å². The molecule has 0 saturated heterocycles. The first-order valence-electron chi connectivity index (χ1n) is 4.11. The third-order valence-corrected chi connectivity index (χ3v) is 2.53. The van der Waals surface area contributed by atoms with Crippen molar-refractivity contribution in [3.8, 4) is 0 Å². The molecule has 0 bridgehead atoms. The normalized spacial score (nSPS) is 12.8. The summed E-state index contributed by atoms with van der Waals surface area (Å²) in [6.07, 6.45) is 0.249. The molecule has 0 aliphatic rings. The number of carboxylic acids is 1. The number of carboxylic acid groups (broad SMARTS) is 1. The maximum atomic E-state index is 10.4. The molecule has 0 spiro atoms. The van der Waals surface area contributed by atoms with E-state index in [-0.39, 0.29) is 23.2 Å². The van der Waals surface area contributed by atoms with Crippen LogP contribution in [-0.2, 0) is 14.9 Å². The third-order valence-electron chi connectivity index (χ3n) is 1.73. The van der Waals surface area contributed by atoms with Crippen molar-refractivity contribution >= 4 is 16.1 Å². The number of likely N-dealkylation sites (N-methyl/N-ethyl adjacent to an activating group) is 1. The molecule has 0 fully saturated rings. The lowest BCUT2D eigenvalue weighted by atomic mass is 10.3. The SMILES string of the molecule is C[N+](C)(CCCS(=O)(=O)O)CC(=O)O. The summed E-state index contributed by atoms with van der Waals surface area (Å²) in [5.74, 6) is -1.25. The van der Waals surface area contributed by atoms with Crippen LogP contribution in [0.2, 0.25) is 0 Å². The predicted molar refractivity (Wildman–Crippen MR) is 50.5 cm³/mol. The van der Waals surface area contributed by atoms with E-state index >= 15 is 0 Å². The molecule has 0 saturated carbocycles. The average Bonchev–Trinajstić information content (AvgIpc) is 1.78. The quantitative estimate of drug-likeness (QED) is 0.467. The van der Waals surface area contributed by atoms with E-state index in [9.17, 15) is 13.2 Å². The Bertz CT molecular complexity index is 295. The molecule has 0 heterocycles. The van der Waals surface area contributed by atoms with E-state index in [1.807, 2.05) is 0 Å². The monoisotopic (exact) mass is 226 g/mol. The van der Waals surface area contributed by atoms with Crippen LogP contribution < -0.4 is 0 Å². The number of aliphatic carboxylic acids is 1. The van der Waals surface area contributed by atoms with Crippen LogP contribution in [0.1, 0.15) is 6.42 Å². The van der Waals surface area contributed by atoms with Gasteiger partial charge in [0.2, 0.25) is 0 Å². The minimum atomic E-state index is -3.93. The molecule has 6 nitrogen and oxygen atoms in total. The van der Waals surface area contributed by atoms with Gasteiger partial charge < -0.3 is 9.59 Å². The second-order valence-corrected chi connectivity index (χ2v) is 5.42. The Morgan fingerprint density at radius 2 is 1.86 bits per heavy atom. The molecule has 0 unspecified atom stereocenters. The first-order chi connectivity index (χ1) is 6.12. The smallest absolute Gasteiger partial charge is 0.359 e. The van der Waals surface area contributed by atoms with Crippen LogP contribution in [0.5, 0.6) is 0 Å². The standard InChI is InChI=1S/C7H15NO5S/c1-8(2,6-7(9)10)4-3-5-14(11,12)13/h3-6H2,1-2H3,(H-,9,10,11,12,13)/p+1. The van der Waals surface area contributed by atoms with Crippen molar-refractivity contribution in [3.05, 3.63) is 0 Å². The molecule has 0 rings (SSSR count). The van der Waals surface area contributed by atoms with Crippen LogP contribution in [0.15, 0.2) is 0 Å². The number of nitrogens with zero attached hydrogens (tertiary/aromatic N) is 1. The molecule has 0 aliphatic heterocycles. The molecule has 84 valence electrons. The van der Waals surface area contributed by atoms with Gasteiger partial charge in [0.1, 0.15) is 0 Å². The van der Waals surface area contributed by atoms with Gasteiger partial charge in [0.05, 0.1) is 26.4 Å². The molecule has 0 aliphatic carbocycles. The Hall–Kier alpha value is -0.660. The van der Waals surface area contributed by atoms with E-state index in [0.717, 1.165) is 0 Å². The van der Waals surface area contributed by atoms with Gasteiger partial charge in [-0.3, -0.25) is 4.55 Å². The first kappa shape index (κ1) is 13.3. The number of rotatable bonds is 6. The van der Waals surface area contributed by atoms with Crippen molar-refractivity contribution in [2.45, 2.75) is 6.42 Å². The Morgan fingerprint density at radius 3 is 2.21 bits per heavy atom. The highest BCUT2D eigenvalue weighted by molar-refractivity contribution is 7.85. The maximum Gasteiger partial charge on any atom is 0.359 e. The van der Waals surface area contributed by atoms with Gasteiger partial charge in [-0.15, -0.1) is 0 Å². The van der Waals surface area contributed by atoms with Crippen LogP contribution >= 0.6 is 0 Å². The predicted octanol–water partition coefficient (Wildman–Crippen LogP) is -0.575. The van der Waals surface area contributed by atoms with E-state index < -0.39 is 16.1 Å². The molecule has 14 heavy (non-hydrogen) atoms. The van der Waals surface area contributed by atoms with Crippen molar-refractivity contribution in [1.82, 2.24) is 0 Å². The van der Waals surface area contributed by atoms with Gasteiger partial charge >= 0.3 is 5.97 Å². The summed E-state index contributed by atoms with van der Waals surface area (Å²) in [7, 11) is -0.547. The molecule has 0 aromatic heterocycles. The van der Waals surface area contributed by atoms with Gasteiger partial charge in [-0.05, 0) is 0 Å². The second-order valence-electron chi connectivity index (χ2n) is 3.85. The summed E-state index contributed by atoms with van der Waals surface area (Å²) < 4.78 is 29.4. The van der Waals surface area contributed by atoms with Crippen molar-refractivity contribution < 1.29 is 27.4 Å². The topological polar surface area (TPSA) is 91.7 Å². The van der Waals surface area contributed by atoms with Gasteiger partial charge in [-0.2, -0.15) is 8.42 Å². The number of hydrogen-bond donors (Lipinski definition) is 2. The Labute approximate surface area is 83.5 Å². The number of quaternary nitrogens is 1. The first-order valence-corrected chi connectivity index (χ1v) is 5.72. The lowest BCUT2D eigenvalue weighted by Crippen LogP contribution is -2.44. The lowest BCUT2D eigenvalue weighted by Gasteiger charge is -2.27. The van der Waals surface area contributed by atoms with Crippen molar-refractivity contribution in [2.75, 3.05) is 32.9 Å². The molecule has 0 atom stereocenters. The molecule has 2 N–H and O–H groups in total. The van der Waals surface area contributed by atoms with Crippen molar-refractivity contribution in [1.29, 1.82) is 0 Å². The minimum absolute atomic E-state index is 0.0640.